The van der Waals surface area contributed by atoms with Crippen molar-refractivity contribution in [3.05, 3.63) is 64.1 Å². The molecule has 2 aromatic carbocycles. The molecular formula is C18H21Cl2N. The Morgan fingerprint density at radius 1 is 0.952 bits per heavy atom. The molecule has 0 fully saturated rings. The summed E-state index contributed by atoms with van der Waals surface area (Å²) >= 11 is 12.1. The zero-order valence-corrected chi connectivity index (χ0v) is 13.8. The molecule has 0 saturated heterocycles. The molecule has 1 N–H and O–H groups in total. The monoisotopic (exact) mass is 321 g/mol. The fourth-order valence-corrected chi connectivity index (χ4v) is 2.69. The van der Waals surface area contributed by atoms with Crippen LogP contribution in [0.3, 0.4) is 0 Å². The third kappa shape index (κ3) is 4.94. The number of unbranched alkanes of at least 4 members (excludes halogenated alkanes) is 2. The summed E-state index contributed by atoms with van der Waals surface area (Å²) in [6.45, 7) is 2.23. The van der Waals surface area contributed by atoms with Crippen LogP contribution >= 0.6 is 23.2 Å². The summed E-state index contributed by atoms with van der Waals surface area (Å²) in [6, 6.07) is 16.5. The molecule has 112 valence electrons. The van der Waals surface area contributed by atoms with Crippen molar-refractivity contribution in [1.29, 1.82) is 0 Å². The molecule has 0 aliphatic carbocycles. The van der Waals surface area contributed by atoms with Crippen molar-refractivity contribution in [2.24, 2.45) is 0 Å². The minimum Gasteiger partial charge on any atom is -0.378 e. The molecule has 0 bridgehead atoms. The van der Waals surface area contributed by atoms with E-state index >= 15 is 0 Å². The molecule has 21 heavy (non-hydrogen) atoms. The van der Waals surface area contributed by atoms with E-state index in [0.717, 1.165) is 12.1 Å². The Balaban J connectivity index is 2.13. The zero-order chi connectivity index (χ0) is 15.1. The minimum absolute atomic E-state index is 0.301. The average Bonchev–Trinajstić information content (AvgIpc) is 2.51. The van der Waals surface area contributed by atoms with Crippen molar-refractivity contribution in [3.63, 3.8) is 0 Å². The van der Waals surface area contributed by atoms with E-state index in [1.807, 2.05) is 24.3 Å². The molecule has 2 aromatic rings. The predicted octanol–water partition coefficient (Wildman–Crippen LogP) is 6.73. The molecule has 3 heteroatoms. The smallest absolute Gasteiger partial charge is 0.0612 e. The van der Waals surface area contributed by atoms with Crippen molar-refractivity contribution in [3.8, 4) is 0 Å². The molecule has 0 aliphatic heterocycles. The summed E-state index contributed by atoms with van der Waals surface area (Å²) in [5, 5.41) is 4.75. The van der Waals surface area contributed by atoms with Crippen LogP contribution in [0.2, 0.25) is 10.0 Å². The lowest BCUT2D eigenvalue weighted by molar-refractivity contribution is 0.606. The first-order chi connectivity index (χ1) is 10.2. The van der Waals surface area contributed by atoms with E-state index in [9.17, 15) is 0 Å². The third-order valence-corrected chi connectivity index (χ3v) is 4.30. The lowest BCUT2D eigenvalue weighted by Gasteiger charge is -2.21. The second kappa shape index (κ2) is 8.31. The van der Waals surface area contributed by atoms with Crippen LogP contribution in [0.4, 0.5) is 5.69 Å². The van der Waals surface area contributed by atoms with Crippen molar-refractivity contribution in [1.82, 2.24) is 0 Å². The normalized spacial score (nSPS) is 12.1. The van der Waals surface area contributed by atoms with Crippen LogP contribution in [-0.4, -0.2) is 0 Å². The van der Waals surface area contributed by atoms with Gasteiger partial charge in [0.15, 0.2) is 0 Å². The van der Waals surface area contributed by atoms with Crippen LogP contribution in [0.15, 0.2) is 48.5 Å². The predicted molar refractivity (Wildman–Crippen MR) is 93.4 cm³/mol. The SMILES string of the molecule is CCCCCC(Nc1ccc(Cl)c(Cl)c1)c1ccccc1. The maximum atomic E-state index is 6.10. The Kier molecular flexibility index (Phi) is 6.41. The minimum atomic E-state index is 0.301. The molecule has 1 nitrogen and oxygen atoms in total. The van der Waals surface area contributed by atoms with Crippen LogP contribution in [0, 0.1) is 0 Å². The molecule has 0 aromatic heterocycles. The third-order valence-electron chi connectivity index (χ3n) is 3.56. The first-order valence-electron chi connectivity index (χ1n) is 7.47. The van der Waals surface area contributed by atoms with Gasteiger partial charge >= 0.3 is 0 Å². The van der Waals surface area contributed by atoms with Gasteiger partial charge in [0.05, 0.1) is 16.1 Å². The number of nitrogens with one attached hydrogen (secondary N) is 1. The first-order valence-corrected chi connectivity index (χ1v) is 8.23. The first kappa shape index (κ1) is 16.2. The average molecular weight is 322 g/mol. The van der Waals surface area contributed by atoms with Crippen LogP contribution in [0.1, 0.15) is 44.2 Å². The highest BCUT2D eigenvalue weighted by molar-refractivity contribution is 6.42. The van der Waals surface area contributed by atoms with Gasteiger partial charge in [0, 0.05) is 5.69 Å². The molecule has 0 spiro atoms. The Bertz CT molecular complexity index is 554. The molecule has 2 rings (SSSR count). The summed E-state index contributed by atoms with van der Waals surface area (Å²) < 4.78 is 0. The topological polar surface area (TPSA) is 12.0 Å². The molecular weight excluding hydrogens is 301 g/mol. The second-order valence-electron chi connectivity index (χ2n) is 5.23. The van der Waals surface area contributed by atoms with E-state index in [-0.39, 0.29) is 0 Å². The fraction of sp³-hybridized carbons (Fsp3) is 0.333. The Morgan fingerprint density at radius 2 is 1.71 bits per heavy atom. The van der Waals surface area contributed by atoms with Gasteiger partial charge in [-0.25, -0.2) is 0 Å². The Morgan fingerprint density at radius 3 is 2.38 bits per heavy atom. The summed E-state index contributed by atoms with van der Waals surface area (Å²) in [5.41, 5.74) is 2.31. The summed E-state index contributed by atoms with van der Waals surface area (Å²) in [7, 11) is 0. The van der Waals surface area contributed by atoms with Gasteiger partial charge in [0.25, 0.3) is 0 Å². The lowest BCUT2D eigenvalue weighted by Crippen LogP contribution is -2.10. The zero-order valence-electron chi connectivity index (χ0n) is 12.3. The van der Waals surface area contributed by atoms with Crippen LogP contribution in [-0.2, 0) is 0 Å². The standard InChI is InChI=1S/C18H21Cl2N/c1-2-3-5-10-18(14-8-6-4-7-9-14)21-15-11-12-16(19)17(20)13-15/h4,6-9,11-13,18,21H,2-3,5,10H2,1H3. The van der Waals surface area contributed by atoms with E-state index in [2.05, 4.69) is 36.5 Å². The van der Waals surface area contributed by atoms with Crippen LogP contribution in [0.5, 0.6) is 0 Å². The highest BCUT2D eigenvalue weighted by Gasteiger charge is 2.11. The van der Waals surface area contributed by atoms with Gasteiger partial charge in [-0.2, -0.15) is 0 Å². The number of benzene rings is 2. The number of anilines is 1. The van der Waals surface area contributed by atoms with Gasteiger partial charge in [-0.3, -0.25) is 0 Å². The van der Waals surface area contributed by atoms with E-state index < -0.39 is 0 Å². The number of hydrogen-bond acceptors (Lipinski definition) is 1. The maximum Gasteiger partial charge on any atom is 0.0612 e. The van der Waals surface area contributed by atoms with E-state index in [4.69, 9.17) is 23.2 Å². The van der Waals surface area contributed by atoms with Crippen molar-refractivity contribution in [2.45, 2.75) is 38.6 Å². The highest BCUT2D eigenvalue weighted by Crippen LogP contribution is 2.29. The molecule has 0 heterocycles. The van der Waals surface area contributed by atoms with E-state index in [1.54, 1.807) is 0 Å². The quantitative estimate of drug-likeness (QED) is 0.557. The number of rotatable bonds is 7. The molecule has 0 amide bonds. The molecule has 0 aliphatic rings. The molecule has 1 atom stereocenters. The highest BCUT2D eigenvalue weighted by atomic mass is 35.5. The van der Waals surface area contributed by atoms with Crippen molar-refractivity contribution >= 4 is 28.9 Å². The largest absolute Gasteiger partial charge is 0.378 e. The summed E-state index contributed by atoms with van der Waals surface area (Å²) in [4.78, 5) is 0. The van der Waals surface area contributed by atoms with E-state index in [0.29, 0.717) is 16.1 Å². The van der Waals surface area contributed by atoms with Gasteiger partial charge in [-0.1, -0.05) is 79.7 Å². The maximum absolute atomic E-state index is 6.10. The molecule has 0 saturated carbocycles. The Labute approximate surface area is 137 Å². The Hall–Kier alpha value is -1.18. The van der Waals surface area contributed by atoms with Crippen LogP contribution in [0.25, 0.3) is 0 Å². The van der Waals surface area contributed by atoms with Crippen LogP contribution < -0.4 is 5.32 Å². The fourth-order valence-electron chi connectivity index (χ4n) is 2.39. The molecule has 1 unspecified atom stereocenters. The number of halogens is 2. The molecule has 0 radical (unpaired) electrons. The van der Waals surface area contributed by atoms with Gasteiger partial charge in [-0.05, 0) is 30.2 Å². The number of hydrogen-bond donors (Lipinski definition) is 1. The summed E-state index contributed by atoms with van der Waals surface area (Å²) in [5.74, 6) is 0. The van der Waals surface area contributed by atoms with E-state index in [1.165, 1.54) is 24.8 Å². The van der Waals surface area contributed by atoms with Gasteiger partial charge < -0.3 is 5.32 Å². The van der Waals surface area contributed by atoms with Crippen molar-refractivity contribution in [2.75, 3.05) is 5.32 Å². The second-order valence-corrected chi connectivity index (χ2v) is 6.05. The summed E-state index contributed by atoms with van der Waals surface area (Å²) in [6.07, 6.45) is 4.81. The van der Waals surface area contributed by atoms with Gasteiger partial charge in [0.2, 0.25) is 0 Å². The lowest BCUT2D eigenvalue weighted by atomic mass is 10.00. The van der Waals surface area contributed by atoms with Gasteiger partial charge in [0.1, 0.15) is 0 Å². The van der Waals surface area contributed by atoms with Gasteiger partial charge in [-0.15, -0.1) is 0 Å². The van der Waals surface area contributed by atoms with Crippen molar-refractivity contribution < 1.29 is 0 Å².